The molecule has 0 bridgehead atoms. The van der Waals surface area contributed by atoms with Crippen molar-refractivity contribution >= 4 is 17.7 Å². The van der Waals surface area contributed by atoms with Crippen LogP contribution in [0.15, 0.2) is 18.3 Å². The van der Waals surface area contributed by atoms with E-state index in [1.807, 2.05) is 19.9 Å². The first-order chi connectivity index (χ1) is 11.0. The quantitative estimate of drug-likeness (QED) is 0.767. The smallest absolute Gasteiger partial charge is 0.303 e. The number of aliphatic carboxylic acids is 1. The average Bonchev–Trinajstić information content (AvgIpc) is 2.50. The van der Waals surface area contributed by atoms with E-state index in [-0.39, 0.29) is 24.5 Å². The summed E-state index contributed by atoms with van der Waals surface area (Å²) in [5.74, 6) is -0.271. The second-order valence-electron chi connectivity index (χ2n) is 5.82. The largest absolute Gasteiger partial charge is 0.481 e. The highest BCUT2D eigenvalue weighted by atomic mass is 16.5. The molecule has 0 aliphatic carbocycles. The maximum atomic E-state index is 11.9. The van der Waals surface area contributed by atoms with Crippen molar-refractivity contribution < 1.29 is 19.4 Å². The van der Waals surface area contributed by atoms with Gasteiger partial charge in [-0.15, -0.1) is 0 Å². The van der Waals surface area contributed by atoms with E-state index in [4.69, 9.17) is 9.84 Å². The lowest BCUT2D eigenvalue weighted by molar-refractivity contribution is -0.137. The molecule has 0 saturated carbocycles. The van der Waals surface area contributed by atoms with Gasteiger partial charge in [0.05, 0.1) is 17.8 Å². The minimum Gasteiger partial charge on any atom is -0.481 e. The van der Waals surface area contributed by atoms with Gasteiger partial charge in [-0.3, -0.25) is 9.59 Å². The van der Waals surface area contributed by atoms with Crippen LogP contribution in [-0.2, 0) is 9.53 Å². The fraction of sp³-hybridized carbons (Fsp3) is 0.562. The SMILES string of the molecule is CC1CN(c2ccc(C(=O)NCCCC(=O)O)cn2)CC(C)O1. The Morgan fingerprint density at radius 3 is 2.61 bits per heavy atom. The van der Waals surface area contributed by atoms with E-state index in [1.165, 1.54) is 0 Å². The van der Waals surface area contributed by atoms with Crippen molar-refractivity contribution in [2.75, 3.05) is 24.5 Å². The van der Waals surface area contributed by atoms with Gasteiger partial charge in [0.15, 0.2) is 0 Å². The van der Waals surface area contributed by atoms with Crippen LogP contribution in [-0.4, -0.2) is 53.8 Å². The Kier molecular flexibility index (Phi) is 5.92. The standard InChI is InChI=1S/C16H23N3O4/c1-11-9-19(10-12(2)23-11)14-6-5-13(8-18-14)16(22)17-7-3-4-15(20)21/h5-6,8,11-12H,3-4,7,9-10H2,1-2H3,(H,17,22)(H,20,21). The summed E-state index contributed by atoms with van der Waals surface area (Å²) < 4.78 is 5.70. The fourth-order valence-electron chi connectivity index (χ4n) is 2.62. The van der Waals surface area contributed by atoms with Gasteiger partial charge >= 0.3 is 5.97 Å². The molecule has 7 heteroatoms. The van der Waals surface area contributed by atoms with E-state index in [0.29, 0.717) is 18.5 Å². The molecule has 1 amide bonds. The molecule has 0 spiro atoms. The van der Waals surface area contributed by atoms with Gasteiger partial charge in [0.25, 0.3) is 5.91 Å². The summed E-state index contributed by atoms with van der Waals surface area (Å²) in [7, 11) is 0. The van der Waals surface area contributed by atoms with E-state index in [0.717, 1.165) is 18.9 Å². The number of amides is 1. The molecular formula is C16H23N3O4. The first-order valence-corrected chi connectivity index (χ1v) is 7.82. The number of pyridine rings is 1. The first-order valence-electron chi connectivity index (χ1n) is 7.82. The maximum absolute atomic E-state index is 11.9. The number of carbonyl (C=O) groups excluding carboxylic acids is 1. The normalized spacial score (nSPS) is 21.0. The molecule has 23 heavy (non-hydrogen) atoms. The lowest BCUT2D eigenvalue weighted by atomic mass is 10.2. The predicted molar refractivity (Wildman–Crippen MR) is 85.7 cm³/mol. The molecule has 1 aromatic rings. The van der Waals surface area contributed by atoms with Crippen LogP contribution in [0.2, 0.25) is 0 Å². The lowest BCUT2D eigenvalue weighted by Gasteiger charge is -2.36. The Hall–Kier alpha value is -2.15. The Balaban J connectivity index is 1.88. The third kappa shape index (κ3) is 5.21. The molecule has 126 valence electrons. The van der Waals surface area contributed by atoms with Crippen LogP contribution in [0.5, 0.6) is 0 Å². The van der Waals surface area contributed by atoms with Crippen LogP contribution in [0.4, 0.5) is 5.82 Å². The van der Waals surface area contributed by atoms with E-state index in [9.17, 15) is 9.59 Å². The second-order valence-corrected chi connectivity index (χ2v) is 5.82. The van der Waals surface area contributed by atoms with Crippen molar-refractivity contribution in [3.63, 3.8) is 0 Å². The average molecular weight is 321 g/mol. The number of hydrogen-bond donors (Lipinski definition) is 2. The van der Waals surface area contributed by atoms with E-state index < -0.39 is 5.97 Å². The van der Waals surface area contributed by atoms with E-state index in [1.54, 1.807) is 12.3 Å². The molecule has 1 aliphatic rings. The molecule has 1 aromatic heterocycles. The molecule has 2 N–H and O–H groups in total. The molecule has 1 aliphatic heterocycles. The van der Waals surface area contributed by atoms with Crippen LogP contribution in [0, 0.1) is 0 Å². The zero-order valence-electron chi connectivity index (χ0n) is 13.5. The molecule has 1 saturated heterocycles. The molecule has 2 heterocycles. The monoisotopic (exact) mass is 321 g/mol. The summed E-state index contributed by atoms with van der Waals surface area (Å²) in [4.78, 5) is 28.9. The summed E-state index contributed by atoms with van der Waals surface area (Å²) in [6.07, 6.45) is 2.31. The van der Waals surface area contributed by atoms with E-state index in [2.05, 4.69) is 15.2 Å². The van der Waals surface area contributed by atoms with Gasteiger partial charge in [-0.25, -0.2) is 4.98 Å². The van der Waals surface area contributed by atoms with Gasteiger partial charge in [-0.05, 0) is 32.4 Å². The van der Waals surface area contributed by atoms with Crippen LogP contribution in [0.1, 0.15) is 37.0 Å². The highest BCUT2D eigenvalue weighted by molar-refractivity contribution is 5.94. The van der Waals surface area contributed by atoms with Gasteiger partial charge in [-0.1, -0.05) is 0 Å². The molecule has 0 aromatic carbocycles. The number of rotatable bonds is 6. The van der Waals surface area contributed by atoms with Crippen molar-refractivity contribution in [3.8, 4) is 0 Å². The summed E-state index contributed by atoms with van der Waals surface area (Å²) in [6.45, 7) is 5.95. The highest BCUT2D eigenvalue weighted by Crippen LogP contribution is 2.18. The molecule has 0 radical (unpaired) electrons. The number of carboxylic acids is 1. The summed E-state index contributed by atoms with van der Waals surface area (Å²) in [5.41, 5.74) is 0.471. The fourth-order valence-corrected chi connectivity index (χ4v) is 2.62. The van der Waals surface area contributed by atoms with Gasteiger partial charge in [0.1, 0.15) is 5.82 Å². The number of carbonyl (C=O) groups is 2. The summed E-state index contributed by atoms with van der Waals surface area (Å²) in [6, 6.07) is 3.57. The van der Waals surface area contributed by atoms with Crippen molar-refractivity contribution in [1.29, 1.82) is 0 Å². The van der Waals surface area contributed by atoms with Crippen LogP contribution >= 0.6 is 0 Å². The van der Waals surface area contributed by atoms with Crippen LogP contribution in [0.25, 0.3) is 0 Å². The zero-order chi connectivity index (χ0) is 16.8. The minimum absolute atomic E-state index is 0.0465. The molecule has 2 unspecified atom stereocenters. The number of ether oxygens (including phenoxy) is 1. The van der Waals surface area contributed by atoms with Gasteiger partial charge in [0, 0.05) is 32.3 Å². The first kappa shape index (κ1) is 17.2. The Bertz CT molecular complexity index is 537. The van der Waals surface area contributed by atoms with Crippen LogP contribution in [0.3, 0.4) is 0 Å². The molecule has 1 fully saturated rings. The molecule has 2 atom stereocenters. The zero-order valence-corrected chi connectivity index (χ0v) is 13.5. The maximum Gasteiger partial charge on any atom is 0.303 e. The third-order valence-electron chi connectivity index (χ3n) is 3.61. The van der Waals surface area contributed by atoms with Crippen molar-refractivity contribution in [3.05, 3.63) is 23.9 Å². The molecule has 7 nitrogen and oxygen atoms in total. The molecule has 2 rings (SSSR count). The summed E-state index contributed by atoms with van der Waals surface area (Å²) >= 11 is 0. The number of hydrogen-bond acceptors (Lipinski definition) is 5. The number of nitrogens with zero attached hydrogens (tertiary/aromatic N) is 2. The van der Waals surface area contributed by atoms with E-state index >= 15 is 0 Å². The number of carboxylic acid groups (broad SMARTS) is 1. The number of nitrogens with one attached hydrogen (secondary N) is 1. The Morgan fingerprint density at radius 1 is 1.35 bits per heavy atom. The van der Waals surface area contributed by atoms with Crippen molar-refractivity contribution in [1.82, 2.24) is 10.3 Å². The minimum atomic E-state index is -0.862. The van der Waals surface area contributed by atoms with Gasteiger partial charge < -0.3 is 20.1 Å². The van der Waals surface area contributed by atoms with Crippen LogP contribution < -0.4 is 10.2 Å². The van der Waals surface area contributed by atoms with Crippen molar-refractivity contribution in [2.45, 2.75) is 38.9 Å². The lowest BCUT2D eigenvalue weighted by Crippen LogP contribution is -2.45. The van der Waals surface area contributed by atoms with Gasteiger partial charge in [0.2, 0.25) is 0 Å². The molecular weight excluding hydrogens is 298 g/mol. The predicted octanol–water partition coefficient (Wildman–Crippen LogP) is 1.29. The van der Waals surface area contributed by atoms with Crippen molar-refractivity contribution in [2.24, 2.45) is 0 Å². The highest BCUT2D eigenvalue weighted by Gasteiger charge is 2.23. The Morgan fingerprint density at radius 2 is 2.04 bits per heavy atom. The second kappa shape index (κ2) is 7.92. The summed E-state index contributed by atoms with van der Waals surface area (Å²) in [5, 5.41) is 11.2. The Labute approximate surface area is 135 Å². The number of morpholine rings is 1. The van der Waals surface area contributed by atoms with Gasteiger partial charge in [-0.2, -0.15) is 0 Å². The topological polar surface area (TPSA) is 91.8 Å². The third-order valence-corrected chi connectivity index (χ3v) is 3.61. The number of anilines is 1. The number of aromatic nitrogens is 1.